The lowest BCUT2D eigenvalue weighted by atomic mass is 10.2. The average Bonchev–Trinajstić information content (AvgIpc) is 2.80. The van der Waals surface area contributed by atoms with Gasteiger partial charge >= 0.3 is 6.18 Å². The second kappa shape index (κ2) is 9.28. The quantitative estimate of drug-likeness (QED) is 0.262. The van der Waals surface area contributed by atoms with E-state index in [0.717, 1.165) is 23.0 Å². The van der Waals surface area contributed by atoms with E-state index in [2.05, 4.69) is 35.3 Å². The molecule has 1 nitrogen and oxygen atoms in total. The molecule has 0 unspecified atom stereocenters. The molecule has 4 aromatic rings. The normalized spacial score (nSPS) is 11.9. The van der Waals surface area contributed by atoms with E-state index in [4.69, 9.17) is 0 Å². The Morgan fingerprint density at radius 2 is 1.23 bits per heavy atom. The van der Waals surface area contributed by atoms with E-state index >= 15 is 0 Å². The van der Waals surface area contributed by atoms with E-state index in [1.807, 2.05) is 54.6 Å². The zero-order valence-corrected chi connectivity index (χ0v) is 17.4. The fourth-order valence-corrected chi connectivity index (χ4v) is 5.71. The molecule has 4 rings (SSSR count). The van der Waals surface area contributed by atoms with Crippen molar-refractivity contribution in [1.82, 2.24) is 0 Å². The highest BCUT2D eigenvalue weighted by Gasteiger charge is 2.30. The van der Waals surface area contributed by atoms with Crippen LogP contribution in [0.5, 0.6) is 0 Å². The van der Waals surface area contributed by atoms with Crippen LogP contribution in [-0.4, -0.2) is 6.21 Å². The van der Waals surface area contributed by atoms with Gasteiger partial charge in [-0.3, -0.25) is 4.99 Å². The van der Waals surface area contributed by atoms with Gasteiger partial charge in [0, 0.05) is 11.8 Å². The highest BCUT2D eigenvalue weighted by Crippen LogP contribution is 2.34. The molecule has 0 amide bonds. The average molecular weight is 433 g/mol. The van der Waals surface area contributed by atoms with Gasteiger partial charge in [0.15, 0.2) is 0 Å². The van der Waals surface area contributed by atoms with Crippen LogP contribution in [0.4, 0.5) is 18.9 Å². The Labute approximate surface area is 180 Å². The van der Waals surface area contributed by atoms with Crippen molar-refractivity contribution in [2.24, 2.45) is 4.99 Å². The molecule has 0 atom stereocenters. The minimum absolute atomic E-state index is 0.272. The third kappa shape index (κ3) is 5.10. The molecule has 0 aromatic heterocycles. The molecular formula is C26H19F3NP. The maximum atomic E-state index is 13.0. The second-order valence-corrected chi connectivity index (χ2v) is 9.06. The molecule has 0 radical (unpaired) electrons. The van der Waals surface area contributed by atoms with Gasteiger partial charge in [-0.25, -0.2) is 0 Å². The van der Waals surface area contributed by atoms with Gasteiger partial charge in [0.2, 0.25) is 0 Å². The summed E-state index contributed by atoms with van der Waals surface area (Å²) in [6.07, 6.45) is -2.73. The molecule has 5 heteroatoms. The Morgan fingerprint density at radius 3 is 1.84 bits per heavy atom. The third-order valence-electron chi connectivity index (χ3n) is 4.73. The summed E-state index contributed by atoms with van der Waals surface area (Å²) in [6.45, 7) is 0. The molecule has 0 saturated heterocycles. The van der Waals surface area contributed by atoms with Crippen LogP contribution in [0.1, 0.15) is 11.1 Å². The summed E-state index contributed by atoms with van der Waals surface area (Å²) in [5.74, 6) is 0. The summed E-state index contributed by atoms with van der Waals surface area (Å²) < 4.78 is 39.1. The summed E-state index contributed by atoms with van der Waals surface area (Å²) in [5.41, 5.74) is 0.457. The molecule has 0 fully saturated rings. The predicted molar refractivity (Wildman–Crippen MR) is 124 cm³/mol. The molecule has 0 heterocycles. The maximum absolute atomic E-state index is 13.0. The summed E-state index contributed by atoms with van der Waals surface area (Å²) in [7, 11) is -0.843. The molecule has 0 aliphatic heterocycles. The van der Waals surface area contributed by atoms with Gasteiger partial charge in [-0.15, -0.1) is 0 Å². The number of benzene rings is 4. The molecule has 154 valence electrons. The van der Waals surface area contributed by atoms with Crippen molar-refractivity contribution in [3.05, 3.63) is 120 Å². The van der Waals surface area contributed by atoms with E-state index in [1.165, 1.54) is 16.7 Å². The smallest absolute Gasteiger partial charge is 0.256 e. The first-order valence-electron chi connectivity index (χ1n) is 9.73. The van der Waals surface area contributed by atoms with E-state index in [9.17, 15) is 13.2 Å². The molecule has 0 bridgehead atoms. The van der Waals surface area contributed by atoms with Crippen LogP contribution in [0.25, 0.3) is 0 Å². The number of hydrogen-bond donors (Lipinski definition) is 0. The highest BCUT2D eigenvalue weighted by molar-refractivity contribution is 7.80. The summed E-state index contributed by atoms with van der Waals surface area (Å²) >= 11 is 0. The molecule has 0 spiro atoms. The van der Waals surface area contributed by atoms with Gasteiger partial charge in [-0.2, -0.15) is 13.2 Å². The molecule has 0 N–H and O–H groups in total. The van der Waals surface area contributed by atoms with Crippen molar-refractivity contribution in [2.45, 2.75) is 6.18 Å². The fourth-order valence-electron chi connectivity index (χ4n) is 3.29. The van der Waals surface area contributed by atoms with Crippen molar-refractivity contribution in [3.63, 3.8) is 0 Å². The number of hydrogen-bond acceptors (Lipinski definition) is 1. The van der Waals surface area contributed by atoms with Crippen molar-refractivity contribution in [2.75, 3.05) is 0 Å². The van der Waals surface area contributed by atoms with Crippen LogP contribution in [-0.2, 0) is 6.18 Å². The zero-order valence-electron chi connectivity index (χ0n) is 16.5. The lowest BCUT2D eigenvalue weighted by molar-refractivity contribution is -0.137. The first kappa shape index (κ1) is 21.0. The van der Waals surface area contributed by atoms with E-state index < -0.39 is 19.7 Å². The molecular weight excluding hydrogens is 414 g/mol. The molecule has 0 aliphatic rings. The van der Waals surface area contributed by atoms with Gasteiger partial charge in [0.25, 0.3) is 0 Å². The zero-order chi connectivity index (χ0) is 21.7. The van der Waals surface area contributed by atoms with Gasteiger partial charge < -0.3 is 0 Å². The third-order valence-corrected chi connectivity index (χ3v) is 7.25. The van der Waals surface area contributed by atoms with Crippen molar-refractivity contribution in [1.29, 1.82) is 0 Å². The summed E-state index contributed by atoms with van der Waals surface area (Å²) in [4.78, 5) is 4.37. The minimum Gasteiger partial charge on any atom is -0.256 e. The minimum atomic E-state index is -4.39. The Bertz CT molecular complexity index is 1130. The first-order chi connectivity index (χ1) is 15.0. The lowest BCUT2D eigenvalue weighted by Gasteiger charge is -2.21. The van der Waals surface area contributed by atoms with Gasteiger partial charge in [-0.05, 0) is 42.0 Å². The number of halogens is 3. The largest absolute Gasteiger partial charge is 0.416 e. The topological polar surface area (TPSA) is 12.4 Å². The number of nitrogens with zero attached hydrogens (tertiary/aromatic N) is 1. The Hall–Kier alpha value is -3.23. The first-order valence-corrected chi connectivity index (χ1v) is 11.1. The van der Waals surface area contributed by atoms with Crippen molar-refractivity contribution < 1.29 is 13.2 Å². The Morgan fingerprint density at radius 1 is 0.645 bits per heavy atom. The van der Waals surface area contributed by atoms with Crippen LogP contribution in [0, 0.1) is 0 Å². The monoisotopic (exact) mass is 433 g/mol. The molecule has 0 aliphatic carbocycles. The van der Waals surface area contributed by atoms with E-state index in [1.54, 1.807) is 12.3 Å². The summed E-state index contributed by atoms with van der Waals surface area (Å²) in [6, 6.07) is 33.5. The maximum Gasteiger partial charge on any atom is 0.416 e. The van der Waals surface area contributed by atoms with E-state index in [-0.39, 0.29) is 5.69 Å². The molecule has 4 aromatic carbocycles. The van der Waals surface area contributed by atoms with Crippen LogP contribution in [0.15, 0.2) is 114 Å². The standard InChI is InChI=1S/C26H19F3NP/c27-26(28,29)21-11-9-12-22(18-21)30-19-20-10-7-8-17-25(20)31(23-13-3-1-4-14-23)24-15-5-2-6-16-24/h1-19H. The SMILES string of the molecule is FC(F)(F)c1cccc(N=Cc2ccccc2P(c2ccccc2)c2ccccc2)c1. The lowest BCUT2D eigenvalue weighted by Crippen LogP contribution is -2.23. The number of aliphatic imine (C=N–C) groups is 1. The second-order valence-electron chi connectivity index (χ2n) is 6.87. The number of rotatable bonds is 5. The Balaban J connectivity index is 1.76. The van der Waals surface area contributed by atoms with Gasteiger partial charge in [0.05, 0.1) is 11.3 Å². The van der Waals surface area contributed by atoms with Crippen LogP contribution in [0.2, 0.25) is 0 Å². The van der Waals surface area contributed by atoms with Crippen LogP contribution < -0.4 is 15.9 Å². The molecule has 31 heavy (non-hydrogen) atoms. The van der Waals surface area contributed by atoms with Crippen LogP contribution in [0.3, 0.4) is 0 Å². The number of alkyl halides is 3. The van der Waals surface area contributed by atoms with E-state index in [0.29, 0.717) is 0 Å². The predicted octanol–water partition coefficient (Wildman–Crippen LogP) is 6.21. The van der Waals surface area contributed by atoms with Gasteiger partial charge in [-0.1, -0.05) is 91.0 Å². The summed E-state index contributed by atoms with van der Waals surface area (Å²) in [5, 5.41) is 3.50. The highest BCUT2D eigenvalue weighted by atomic mass is 31.1. The van der Waals surface area contributed by atoms with Crippen LogP contribution >= 0.6 is 7.92 Å². The fraction of sp³-hybridized carbons (Fsp3) is 0.0385. The van der Waals surface area contributed by atoms with Crippen molar-refractivity contribution in [3.8, 4) is 0 Å². The van der Waals surface area contributed by atoms with Crippen molar-refractivity contribution >= 4 is 35.7 Å². The Kier molecular flexibility index (Phi) is 6.29. The van der Waals surface area contributed by atoms with Gasteiger partial charge in [0.1, 0.15) is 0 Å². The molecule has 0 saturated carbocycles.